The molecule has 0 N–H and O–H groups in total. The number of alkyl halides is 3. The molecule has 1 amide bonds. The van der Waals surface area contributed by atoms with Gasteiger partial charge in [-0.3, -0.25) is 4.79 Å². The minimum Gasteiger partial charge on any atom is -0.341 e. The standard InChI is InChI=1S/C23H17Cl4F3N4O/c1-11-20(22(35)33(2)10-12-3-5-14(24)16(26)7-12)21(13-4-6-15(25)17(27)8-13)34-19(31-11)9-18(32-34)23(28,29)30/h3-9,20-21H,10H2,1-2H3. The van der Waals surface area contributed by atoms with Crippen molar-refractivity contribution in [3.63, 3.8) is 0 Å². The monoisotopic (exact) mass is 562 g/mol. The average Bonchev–Trinajstić information content (AvgIpc) is 3.21. The van der Waals surface area contributed by atoms with Gasteiger partial charge in [0.25, 0.3) is 0 Å². The highest BCUT2D eigenvalue weighted by molar-refractivity contribution is 6.42. The molecule has 0 radical (unpaired) electrons. The molecule has 0 bridgehead atoms. The van der Waals surface area contributed by atoms with Gasteiger partial charge in [-0.2, -0.15) is 18.3 Å². The van der Waals surface area contributed by atoms with E-state index in [9.17, 15) is 18.0 Å². The van der Waals surface area contributed by atoms with E-state index in [2.05, 4.69) is 10.1 Å². The Labute approximate surface area is 219 Å². The number of hydrogen-bond acceptors (Lipinski definition) is 3. The van der Waals surface area contributed by atoms with Gasteiger partial charge in [-0.05, 0) is 42.3 Å². The topological polar surface area (TPSA) is 50.5 Å². The van der Waals surface area contributed by atoms with Gasteiger partial charge >= 0.3 is 6.18 Å². The molecular weight excluding hydrogens is 547 g/mol. The van der Waals surface area contributed by atoms with E-state index in [4.69, 9.17) is 46.4 Å². The molecule has 2 heterocycles. The van der Waals surface area contributed by atoms with Crippen molar-refractivity contribution in [2.45, 2.75) is 25.7 Å². The largest absolute Gasteiger partial charge is 0.435 e. The number of carbonyl (C=O) groups excluding carboxylic acids is 1. The van der Waals surface area contributed by atoms with Gasteiger partial charge in [0, 0.05) is 25.4 Å². The van der Waals surface area contributed by atoms with Crippen molar-refractivity contribution in [2.24, 2.45) is 10.9 Å². The van der Waals surface area contributed by atoms with Crippen LogP contribution >= 0.6 is 46.4 Å². The van der Waals surface area contributed by atoms with E-state index < -0.39 is 23.8 Å². The van der Waals surface area contributed by atoms with Crippen molar-refractivity contribution >= 4 is 63.8 Å². The summed E-state index contributed by atoms with van der Waals surface area (Å²) in [5.41, 5.74) is 0.429. The van der Waals surface area contributed by atoms with Crippen LogP contribution < -0.4 is 0 Å². The average molecular weight is 564 g/mol. The van der Waals surface area contributed by atoms with Crippen molar-refractivity contribution in [3.8, 4) is 0 Å². The van der Waals surface area contributed by atoms with Gasteiger partial charge in [-0.15, -0.1) is 0 Å². The molecule has 1 aromatic heterocycles. The summed E-state index contributed by atoms with van der Waals surface area (Å²) < 4.78 is 41.5. The molecule has 5 nitrogen and oxygen atoms in total. The summed E-state index contributed by atoms with van der Waals surface area (Å²) in [6, 6.07) is 9.57. The fourth-order valence-electron chi connectivity index (χ4n) is 4.00. The maximum absolute atomic E-state index is 13.7. The number of hydrogen-bond donors (Lipinski definition) is 0. The molecule has 2 unspecified atom stereocenters. The van der Waals surface area contributed by atoms with Gasteiger partial charge in [0.2, 0.25) is 5.91 Å². The van der Waals surface area contributed by atoms with Crippen molar-refractivity contribution < 1.29 is 18.0 Å². The number of rotatable bonds is 4. The van der Waals surface area contributed by atoms with Gasteiger partial charge in [0.15, 0.2) is 11.5 Å². The molecule has 0 saturated heterocycles. The zero-order chi connectivity index (χ0) is 25.7. The Kier molecular flexibility index (Phi) is 7.12. The smallest absolute Gasteiger partial charge is 0.341 e. The fraction of sp³-hybridized carbons (Fsp3) is 0.261. The van der Waals surface area contributed by atoms with Crippen LogP contribution in [0.15, 0.2) is 47.5 Å². The second-order valence-corrected chi connectivity index (χ2v) is 9.75. The predicted octanol–water partition coefficient (Wildman–Crippen LogP) is 7.49. The Balaban J connectivity index is 1.77. The van der Waals surface area contributed by atoms with Gasteiger partial charge in [0.1, 0.15) is 5.92 Å². The Bertz CT molecular complexity index is 1340. The van der Waals surface area contributed by atoms with Gasteiger partial charge in [-0.1, -0.05) is 58.5 Å². The summed E-state index contributed by atoms with van der Waals surface area (Å²) in [6.07, 6.45) is -4.68. The first-order chi connectivity index (χ1) is 16.4. The molecule has 1 aliphatic heterocycles. The summed E-state index contributed by atoms with van der Waals surface area (Å²) in [6.45, 7) is 1.79. The van der Waals surface area contributed by atoms with Crippen LogP contribution in [0.2, 0.25) is 20.1 Å². The summed E-state index contributed by atoms with van der Waals surface area (Å²) in [5, 5.41) is 4.96. The highest BCUT2D eigenvalue weighted by atomic mass is 35.5. The molecule has 0 fully saturated rings. The molecule has 12 heteroatoms. The van der Waals surface area contributed by atoms with E-state index in [0.29, 0.717) is 21.3 Å². The molecule has 0 spiro atoms. The molecular formula is C23H17Cl4F3N4O. The summed E-state index contributed by atoms with van der Waals surface area (Å²) in [5.74, 6) is -1.33. The van der Waals surface area contributed by atoms with E-state index in [1.807, 2.05) is 0 Å². The molecule has 2 atom stereocenters. The first-order valence-electron chi connectivity index (χ1n) is 10.2. The number of fused-ring (bicyclic) bond motifs is 1. The highest BCUT2D eigenvalue weighted by Gasteiger charge is 2.43. The lowest BCUT2D eigenvalue weighted by Crippen LogP contribution is -2.43. The minimum absolute atomic E-state index is 0.0120. The second kappa shape index (κ2) is 9.65. The third-order valence-electron chi connectivity index (χ3n) is 5.66. The van der Waals surface area contributed by atoms with Gasteiger partial charge in [-0.25, -0.2) is 9.67 Å². The van der Waals surface area contributed by atoms with E-state index >= 15 is 0 Å². The number of aromatic nitrogens is 2. The van der Waals surface area contributed by atoms with E-state index in [-0.39, 0.29) is 28.3 Å². The maximum atomic E-state index is 13.7. The van der Waals surface area contributed by atoms with Gasteiger partial charge in [0.05, 0.1) is 26.1 Å². The van der Waals surface area contributed by atoms with E-state index in [0.717, 1.165) is 16.3 Å². The van der Waals surface area contributed by atoms with Crippen molar-refractivity contribution in [1.82, 2.24) is 14.7 Å². The van der Waals surface area contributed by atoms with Crippen LogP contribution in [0.3, 0.4) is 0 Å². The summed E-state index contributed by atoms with van der Waals surface area (Å²) in [4.78, 5) is 19.4. The quantitative estimate of drug-likeness (QED) is 0.330. The lowest BCUT2D eigenvalue weighted by atomic mass is 9.87. The SMILES string of the molecule is CC1=Nc2cc(C(F)(F)F)nn2C(c2ccc(Cl)c(Cl)c2)C1C(=O)N(C)Cc1ccc(Cl)c(Cl)c1. The molecule has 3 aromatic rings. The molecule has 1 aliphatic rings. The van der Waals surface area contributed by atoms with Crippen LogP contribution in [0.4, 0.5) is 19.0 Å². The summed E-state index contributed by atoms with van der Waals surface area (Å²) >= 11 is 24.3. The number of aliphatic imine (C=N–C) groups is 1. The van der Waals surface area contributed by atoms with E-state index in [1.54, 1.807) is 38.2 Å². The first kappa shape index (κ1) is 25.8. The fourth-order valence-corrected chi connectivity index (χ4v) is 4.63. The molecule has 35 heavy (non-hydrogen) atoms. The van der Waals surface area contributed by atoms with Crippen molar-refractivity contribution in [1.29, 1.82) is 0 Å². The van der Waals surface area contributed by atoms with Crippen LogP contribution in [0.5, 0.6) is 0 Å². The molecule has 184 valence electrons. The number of nitrogens with zero attached hydrogens (tertiary/aromatic N) is 4. The van der Waals surface area contributed by atoms with Crippen LogP contribution in [-0.4, -0.2) is 33.3 Å². The molecule has 2 aromatic carbocycles. The number of benzene rings is 2. The lowest BCUT2D eigenvalue weighted by Gasteiger charge is -2.34. The summed E-state index contributed by atoms with van der Waals surface area (Å²) in [7, 11) is 1.59. The number of halogens is 7. The zero-order valence-corrected chi connectivity index (χ0v) is 21.3. The van der Waals surface area contributed by atoms with Crippen LogP contribution in [0.25, 0.3) is 0 Å². The van der Waals surface area contributed by atoms with E-state index in [1.165, 1.54) is 17.0 Å². The van der Waals surface area contributed by atoms with Crippen molar-refractivity contribution in [3.05, 3.63) is 79.4 Å². The van der Waals surface area contributed by atoms with Gasteiger partial charge < -0.3 is 4.90 Å². The number of carbonyl (C=O) groups is 1. The Morgan fingerprint density at radius 1 is 1.00 bits per heavy atom. The maximum Gasteiger partial charge on any atom is 0.435 e. The third kappa shape index (κ3) is 5.16. The van der Waals surface area contributed by atoms with Crippen LogP contribution in [0.1, 0.15) is 29.8 Å². The molecule has 4 rings (SSSR count). The van der Waals surface area contributed by atoms with Crippen molar-refractivity contribution in [2.75, 3.05) is 7.05 Å². The second-order valence-electron chi connectivity index (χ2n) is 8.12. The Morgan fingerprint density at radius 3 is 2.23 bits per heavy atom. The Morgan fingerprint density at radius 2 is 1.63 bits per heavy atom. The molecule has 0 aliphatic carbocycles. The van der Waals surface area contributed by atoms with Crippen LogP contribution in [0, 0.1) is 5.92 Å². The highest BCUT2D eigenvalue weighted by Crippen LogP contribution is 2.41. The predicted molar refractivity (Wildman–Crippen MR) is 131 cm³/mol. The van der Waals surface area contributed by atoms with Crippen LogP contribution in [-0.2, 0) is 17.5 Å². The Hall–Kier alpha value is -2.26. The zero-order valence-electron chi connectivity index (χ0n) is 18.2. The minimum atomic E-state index is -4.68. The molecule has 0 saturated carbocycles. The third-order valence-corrected chi connectivity index (χ3v) is 7.14. The lowest BCUT2D eigenvalue weighted by molar-refractivity contribution is -0.141. The first-order valence-corrected chi connectivity index (χ1v) is 11.7. The number of amides is 1. The normalized spacial score (nSPS) is 17.7.